The van der Waals surface area contributed by atoms with Crippen LogP contribution in [0.5, 0.6) is 0 Å². The van der Waals surface area contributed by atoms with Crippen molar-refractivity contribution in [3.8, 4) is 0 Å². The van der Waals surface area contributed by atoms with Crippen molar-refractivity contribution >= 4 is 11.9 Å². The third kappa shape index (κ3) is 3.88. The van der Waals surface area contributed by atoms with Crippen LogP contribution in [-0.4, -0.2) is 52.2 Å². The van der Waals surface area contributed by atoms with Crippen LogP contribution in [0.2, 0.25) is 0 Å². The Morgan fingerprint density at radius 2 is 2.04 bits per heavy atom. The van der Waals surface area contributed by atoms with Gasteiger partial charge in [0.05, 0.1) is 31.0 Å². The Morgan fingerprint density at radius 3 is 2.75 bits per heavy atom. The lowest BCUT2D eigenvalue weighted by Crippen LogP contribution is -2.43. The van der Waals surface area contributed by atoms with Gasteiger partial charge < -0.3 is 15.1 Å². The summed E-state index contributed by atoms with van der Waals surface area (Å²) in [6.07, 6.45) is 5.52. The fourth-order valence-electron chi connectivity index (χ4n) is 3.60. The largest absolute Gasteiger partial charge is 0.350 e. The molecule has 0 radical (unpaired) electrons. The Bertz CT molecular complexity index is 604. The van der Waals surface area contributed by atoms with E-state index in [1.807, 2.05) is 15.6 Å². The van der Waals surface area contributed by atoms with Crippen molar-refractivity contribution in [2.45, 2.75) is 51.7 Å². The fraction of sp³-hybridized carbons (Fsp3) is 0.706. The van der Waals surface area contributed by atoms with Crippen LogP contribution < -0.4 is 5.32 Å². The fourth-order valence-corrected chi connectivity index (χ4v) is 3.60. The molecule has 2 heterocycles. The van der Waals surface area contributed by atoms with E-state index >= 15 is 0 Å². The zero-order valence-electron chi connectivity index (χ0n) is 14.6. The number of carbonyl (C=O) groups is 2. The van der Waals surface area contributed by atoms with Crippen LogP contribution in [0.25, 0.3) is 0 Å². The van der Waals surface area contributed by atoms with Crippen molar-refractivity contribution in [3.63, 3.8) is 0 Å². The topological polar surface area (TPSA) is 70.5 Å². The minimum atomic E-state index is 0.0221. The Morgan fingerprint density at radius 1 is 1.29 bits per heavy atom. The molecule has 7 heteroatoms. The van der Waals surface area contributed by atoms with Gasteiger partial charge in [-0.05, 0) is 24.8 Å². The van der Waals surface area contributed by atoms with E-state index in [0.717, 1.165) is 11.4 Å². The zero-order chi connectivity index (χ0) is 17.1. The molecule has 24 heavy (non-hydrogen) atoms. The van der Waals surface area contributed by atoms with Gasteiger partial charge in [-0.3, -0.25) is 9.48 Å². The van der Waals surface area contributed by atoms with E-state index in [0.29, 0.717) is 38.5 Å². The van der Waals surface area contributed by atoms with Crippen LogP contribution in [0.3, 0.4) is 0 Å². The van der Waals surface area contributed by atoms with E-state index in [-0.39, 0.29) is 11.9 Å². The third-order valence-corrected chi connectivity index (χ3v) is 4.92. The van der Waals surface area contributed by atoms with E-state index in [1.54, 1.807) is 19.0 Å². The normalized spacial score (nSPS) is 17.7. The number of urea groups is 1. The molecule has 1 aliphatic heterocycles. The van der Waals surface area contributed by atoms with Gasteiger partial charge >= 0.3 is 6.03 Å². The summed E-state index contributed by atoms with van der Waals surface area (Å²) in [6.45, 7) is 2.40. The number of amides is 3. The highest BCUT2D eigenvalue weighted by atomic mass is 16.2. The number of nitrogens with one attached hydrogen (secondary N) is 1. The summed E-state index contributed by atoms with van der Waals surface area (Å²) >= 11 is 0. The molecule has 2 aliphatic rings. The number of nitrogens with zero attached hydrogens (tertiary/aromatic N) is 4. The molecular weight excluding hydrogens is 306 g/mol. The molecule has 1 fully saturated rings. The average molecular weight is 333 g/mol. The maximum Gasteiger partial charge on any atom is 0.319 e. The number of carbonyl (C=O) groups excluding carboxylic acids is 2. The van der Waals surface area contributed by atoms with Crippen LogP contribution in [0, 0.1) is 5.92 Å². The highest BCUT2D eigenvalue weighted by Gasteiger charge is 2.23. The van der Waals surface area contributed by atoms with Gasteiger partial charge in [0.2, 0.25) is 5.91 Å². The smallest absolute Gasteiger partial charge is 0.319 e. The Hall–Kier alpha value is -2.05. The molecule has 1 saturated carbocycles. The average Bonchev–Trinajstić information content (AvgIpc) is 3.20. The molecule has 0 atom stereocenters. The van der Waals surface area contributed by atoms with Gasteiger partial charge in [0, 0.05) is 27.1 Å². The van der Waals surface area contributed by atoms with Crippen LogP contribution in [0.15, 0.2) is 6.07 Å². The van der Waals surface area contributed by atoms with Crippen molar-refractivity contribution in [2.75, 3.05) is 20.6 Å². The predicted octanol–water partition coefficient (Wildman–Crippen LogP) is 1.58. The van der Waals surface area contributed by atoms with Gasteiger partial charge in [0.15, 0.2) is 0 Å². The summed E-state index contributed by atoms with van der Waals surface area (Å²) in [7, 11) is 3.53. The first kappa shape index (κ1) is 16.8. The van der Waals surface area contributed by atoms with Crippen molar-refractivity contribution in [1.82, 2.24) is 24.9 Å². The first-order valence-corrected chi connectivity index (χ1v) is 8.81. The molecule has 3 amide bonds. The summed E-state index contributed by atoms with van der Waals surface area (Å²) in [6, 6.07) is 2.01. The Kier molecular flexibility index (Phi) is 5.06. The molecule has 0 unspecified atom stereocenters. The zero-order valence-corrected chi connectivity index (χ0v) is 14.6. The third-order valence-electron chi connectivity index (χ3n) is 4.92. The van der Waals surface area contributed by atoms with Gasteiger partial charge in [-0.1, -0.05) is 12.8 Å². The SMILES string of the molecule is CN(C)C(=O)N1CCn2nc(CNC(=O)CC3CCCC3)cc2C1. The highest BCUT2D eigenvalue weighted by molar-refractivity contribution is 5.76. The maximum absolute atomic E-state index is 12.1. The lowest BCUT2D eigenvalue weighted by atomic mass is 10.0. The minimum absolute atomic E-state index is 0.0221. The molecule has 1 aliphatic carbocycles. The standard InChI is InChI=1S/C17H27N5O2/c1-20(2)17(24)21-7-8-22-15(12-21)10-14(19-22)11-18-16(23)9-13-5-3-4-6-13/h10,13H,3-9,11-12H2,1-2H3,(H,18,23). The van der Waals surface area contributed by atoms with Crippen LogP contribution in [-0.2, 0) is 24.4 Å². The molecule has 132 valence electrons. The van der Waals surface area contributed by atoms with E-state index in [1.165, 1.54) is 25.7 Å². The monoisotopic (exact) mass is 333 g/mol. The Balaban J connectivity index is 1.52. The van der Waals surface area contributed by atoms with Gasteiger partial charge in [-0.2, -0.15) is 5.10 Å². The molecule has 1 N–H and O–H groups in total. The summed E-state index contributed by atoms with van der Waals surface area (Å²) < 4.78 is 1.94. The van der Waals surface area contributed by atoms with Crippen LogP contribution >= 0.6 is 0 Å². The number of rotatable bonds is 4. The molecular formula is C17H27N5O2. The molecule has 3 rings (SSSR count). The first-order chi connectivity index (χ1) is 11.5. The molecule has 0 bridgehead atoms. The Labute approximate surface area is 143 Å². The second-order valence-electron chi connectivity index (χ2n) is 7.08. The van der Waals surface area contributed by atoms with Crippen molar-refractivity contribution < 1.29 is 9.59 Å². The minimum Gasteiger partial charge on any atom is -0.350 e. The van der Waals surface area contributed by atoms with E-state index in [9.17, 15) is 9.59 Å². The predicted molar refractivity (Wildman–Crippen MR) is 90.1 cm³/mol. The van der Waals surface area contributed by atoms with Crippen molar-refractivity contribution in [2.24, 2.45) is 5.92 Å². The van der Waals surface area contributed by atoms with E-state index in [4.69, 9.17) is 0 Å². The second kappa shape index (κ2) is 7.23. The lowest BCUT2D eigenvalue weighted by Gasteiger charge is -2.29. The first-order valence-electron chi connectivity index (χ1n) is 8.81. The summed E-state index contributed by atoms with van der Waals surface area (Å²) in [5.41, 5.74) is 1.89. The van der Waals surface area contributed by atoms with E-state index in [2.05, 4.69) is 10.4 Å². The molecule has 0 aromatic carbocycles. The van der Waals surface area contributed by atoms with Crippen molar-refractivity contribution in [1.29, 1.82) is 0 Å². The molecule has 7 nitrogen and oxygen atoms in total. The number of hydrogen-bond donors (Lipinski definition) is 1. The van der Waals surface area contributed by atoms with E-state index < -0.39 is 0 Å². The lowest BCUT2D eigenvalue weighted by molar-refractivity contribution is -0.122. The summed E-state index contributed by atoms with van der Waals surface area (Å²) in [5, 5.41) is 7.53. The second-order valence-corrected chi connectivity index (χ2v) is 7.08. The van der Waals surface area contributed by atoms with Crippen LogP contribution in [0.1, 0.15) is 43.5 Å². The quantitative estimate of drug-likeness (QED) is 0.909. The van der Waals surface area contributed by atoms with Gasteiger partial charge in [-0.15, -0.1) is 0 Å². The van der Waals surface area contributed by atoms with Gasteiger partial charge in [-0.25, -0.2) is 4.79 Å². The highest BCUT2D eigenvalue weighted by Crippen LogP contribution is 2.27. The maximum atomic E-state index is 12.1. The molecule has 1 aromatic heterocycles. The van der Waals surface area contributed by atoms with Gasteiger partial charge in [0.1, 0.15) is 0 Å². The summed E-state index contributed by atoms with van der Waals surface area (Å²) in [4.78, 5) is 27.5. The molecule has 1 aromatic rings. The number of fused-ring (bicyclic) bond motifs is 1. The van der Waals surface area contributed by atoms with Gasteiger partial charge in [0.25, 0.3) is 0 Å². The number of hydrogen-bond acceptors (Lipinski definition) is 3. The van der Waals surface area contributed by atoms with Crippen LogP contribution in [0.4, 0.5) is 4.79 Å². The van der Waals surface area contributed by atoms with Crippen molar-refractivity contribution in [3.05, 3.63) is 17.5 Å². The molecule has 0 saturated heterocycles. The number of aromatic nitrogens is 2. The molecule has 0 spiro atoms. The summed E-state index contributed by atoms with van der Waals surface area (Å²) in [5.74, 6) is 0.683.